The molecule has 14 heavy (non-hydrogen) atoms. The van der Waals surface area contributed by atoms with Gasteiger partial charge in [-0.1, -0.05) is 6.07 Å². The van der Waals surface area contributed by atoms with Gasteiger partial charge in [-0.2, -0.15) is 0 Å². The molecule has 74 valence electrons. The number of benzene rings is 1. The number of nitrogens with two attached hydrogens (primary N) is 1. The van der Waals surface area contributed by atoms with E-state index in [-0.39, 0.29) is 6.61 Å². The number of aliphatic hydroxyl groups excluding tert-OH is 1. The van der Waals surface area contributed by atoms with Crippen LogP contribution >= 0.6 is 0 Å². The Bertz CT molecular complexity index is 460. The van der Waals surface area contributed by atoms with E-state index < -0.39 is 0 Å². The fourth-order valence-corrected chi connectivity index (χ4v) is 1.73. The second-order valence-electron chi connectivity index (χ2n) is 3.45. The molecule has 3 nitrogen and oxygen atoms in total. The van der Waals surface area contributed by atoms with Gasteiger partial charge in [0.15, 0.2) is 0 Å². The van der Waals surface area contributed by atoms with E-state index >= 15 is 0 Å². The summed E-state index contributed by atoms with van der Waals surface area (Å²) in [5.41, 5.74) is 8.74. The van der Waals surface area contributed by atoms with Crippen LogP contribution in [-0.4, -0.2) is 9.67 Å². The van der Waals surface area contributed by atoms with E-state index in [0.29, 0.717) is 6.54 Å². The number of aliphatic hydroxyl groups is 1. The minimum atomic E-state index is 0.0726. The maximum absolute atomic E-state index is 9.10. The zero-order valence-corrected chi connectivity index (χ0v) is 8.20. The van der Waals surface area contributed by atoms with Crippen LogP contribution in [0.1, 0.15) is 11.3 Å². The van der Waals surface area contributed by atoms with Crippen molar-refractivity contribution in [3.05, 3.63) is 35.5 Å². The smallest absolute Gasteiger partial charge is 0.0833 e. The summed E-state index contributed by atoms with van der Waals surface area (Å²) in [6.45, 7) is 0.627. The third kappa shape index (κ3) is 1.31. The van der Waals surface area contributed by atoms with Crippen LogP contribution in [0, 0.1) is 0 Å². The van der Waals surface area contributed by atoms with Gasteiger partial charge in [-0.25, -0.2) is 0 Å². The average molecular weight is 190 g/mol. The topological polar surface area (TPSA) is 51.2 Å². The van der Waals surface area contributed by atoms with Crippen molar-refractivity contribution in [2.45, 2.75) is 13.2 Å². The molecule has 0 bridgehead atoms. The molecule has 0 fully saturated rings. The summed E-state index contributed by atoms with van der Waals surface area (Å²) in [6.07, 6.45) is 0. The fraction of sp³-hybridized carbons (Fsp3) is 0.273. The Morgan fingerprint density at radius 3 is 2.79 bits per heavy atom. The molecule has 2 aromatic rings. The predicted molar refractivity (Wildman–Crippen MR) is 56.7 cm³/mol. The largest absolute Gasteiger partial charge is 0.390 e. The van der Waals surface area contributed by atoms with E-state index in [1.54, 1.807) is 0 Å². The number of aryl methyl sites for hydroxylation is 1. The minimum absolute atomic E-state index is 0.0726. The van der Waals surface area contributed by atoms with E-state index in [2.05, 4.69) is 6.07 Å². The van der Waals surface area contributed by atoms with Gasteiger partial charge in [0.05, 0.1) is 6.61 Å². The predicted octanol–water partition coefficient (Wildman–Crippen LogP) is 1.13. The second-order valence-corrected chi connectivity index (χ2v) is 3.45. The van der Waals surface area contributed by atoms with Gasteiger partial charge < -0.3 is 15.4 Å². The van der Waals surface area contributed by atoms with Gasteiger partial charge in [0.2, 0.25) is 0 Å². The van der Waals surface area contributed by atoms with Gasteiger partial charge in [-0.15, -0.1) is 0 Å². The van der Waals surface area contributed by atoms with E-state index in [0.717, 1.165) is 22.2 Å². The highest BCUT2D eigenvalue weighted by Gasteiger charge is 2.04. The monoisotopic (exact) mass is 190 g/mol. The molecule has 3 heteroatoms. The maximum Gasteiger partial charge on any atom is 0.0833 e. The zero-order chi connectivity index (χ0) is 10.1. The average Bonchev–Trinajstić information content (AvgIpc) is 2.55. The van der Waals surface area contributed by atoms with Crippen LogP contribution in [0.3, 0.4) is 0 Å². The fourth-order valence-electron chi connectivity index (χ4n) is 1.73. The van der Waals surface area contributed by atoms with Crippen molar-refractivity contribution in [3.63, 3.8) is 0 Å². The lowest BCUT2D eigenvalue weighted by molar-refractivity contribution is 0.273. The molecule has 1 heterocycles. The Morgan fingerprint density at radius 1 is 1.36 bits per heavy atom. The SMILES string of the molecule is Cn1c(CO)cc2cc(CN)ccc21. The van der Waals surface area contributed by atoms with Crippen LogP contribution in [0.15, 0.2) is 24.3 Å². The highest BCUT2D eigenvalue weighted by Crippen LogP contribution is 2.20. The van der Waals surface area contributed by atoms with E-state index in [9.17, 15) is 0 Å². The molecule has 0 spiro atoms. The van der Waals surface area contributed by atoms with Gasteiger partial charge in [0.1, 0.15) is 0 Å². The van der Waals surface area contributed by atoms with Crippen LogP contribution in [0.25, 0.3) is 10.9 Å². The first kappa shape index (κ1) is 9.24. The van der Waals surface area contributed by atoms with Gasteiger partial charge >= 0.3 is 0 Å². The molecule has 0 amide bonds. The first-order chi connectivity index (χ1) is 6.76. The Labute approximate surface area is 82.8 Å². The van der Waals surface area contributed by atoms with Crippen molar-refractivity contribution in [3.8, 4) is 0 Å². The molecule has 0 aliphatic heterocycles. The summed E-state index contributed by atoms with van der Waals surface area (Å²) in [4.78, 5) is 0. The Balaban J connectivity index is 2.66. The third-order valence-corrected chi connectivity index (χ3v) is 2.60. The van der Waals surface area contributed by atoms with Crippen molar-refractivity contribution in [1.82, 2.24) is 4.57 Å². The molecule has 0 radical (unpaired) electrons. The van der Waals surface area contributed by atoms with Crippen LogP contribution < -0.4 is 5.73 Å². The molecular weight excluding hydrogens is 176 g/mol. The Morgan fingerprint density at radius 2 is 2.14 bits per heavy atom. The van der Waals surface area contributed by atoms with Crippen molar-refractivity contribution in [1.29, 1.82) is 0 Å². The zero-order valence-electron chi connectivity index (χ0n) is 8.20. The maximum atomic E-state index is 9.10. The van der Waals surface area contributed by atoms with Crippen LogP contribution in [0.5, 0.6) is 0 Å². The molecule has 0 aliphatic carbocycles. The highest BCUT2D eigenvalue weighted by molar-refractivity contribution is 5.82. The van der Waals surface area contributed by atoms with Crippen LogP contribution in [-0.2, 0) is 20.2 Å². The molecular formula is C11H14N2O. The molecule has 1 aromatic heterocycles. The molecule has 3 N–H and O–H groups in total. The molecule has 1 aromatic carbocycles. The quantitative estimate of drug-likeness (QED) is 0.745. The van der Waals surface area contributed by atoms with Gasteiger partial charge in [0, 0.05) is 30.2 Å². The number of rotatable bonds is 2. The lowest BCUT2D eigenvalue weighted by atomic mass is 10.1. The molecule has 0 atom stereocenters. The summed E-state index contributed by atoms with van der Waals surface area (Å²) in [5, 5.41) is 10.2. The van der Waals surface area contributed by atoms with Crippen LogP contribution in [0.4, 0.5) is 0 Å². The summed E-state index contributed by atoms with van der Waals surface area (Å²) >= 11 is 0. The standard InChI is InChI=1S/C11H14N2O/c1-13-10(7-14)5-9-4-8(6-12)2-3-11(9)13/h2-5,14H,6-7,12H2,1H3. The van der Waals surface area contributed by atoms with Crippen molar-refractivity contribution in [2.24, 2.45) is 12.8 Å². The van der Waals surface area contributed by atoms with Crippen LogP contribution in [0.2, 0.25) is 0 Å². The Hall–Kier alpha value is -1.32. The molecule has 0 saturated heterocycles. The lowest BCUT2D eigenvalue weighted by Crippen LogP contribution is -1.96. The lowest BCUT2D eigenvalue weighted by Gasteiger charge is -2.00. The summed E-state index contributed by atoms with van der Waals surface area (Å²) in [5.74, 6) is 0. The van der Waals surface area contributed by atoms with E-state index in [4.69, 9.17) is 10.8 Å². The highest BCUT2D eigenvalue weighted by atomic mass is 16.3. The van der Waals surface area contributed by atoms with Gasteiger partial charge in [0.25, 0.3) is 0 Å². The van der Waals surface area contributed by atoms with E-state index in [1.807, 2.05) is 29.8 Å². The first-order valence-electron chi connectivity index (χ1n) is 4.64. The normalized spacial score (nSPS) is 11.1. The third-order valence-electron chi connectivity index (χ3n) is 2.60. The van der Waals surface area contributed by atoms with Gasteiger partial charge in [-0.3, -0.25) is 0 Å². The van der Waals surface area contributed by atoms with Crippen molar-refractivity contribution >= 4 is 10.9 Å². The molecule has 0 unspecified atom stereocenters. The number of aromatic nitrogens is 1. The van der Waals surface area contributed by atoms with Crippen molar-refractivity contribution < 1.29 is 5.11 Å². The number of hydrogen-bond donors (Lipinski definition) is 2. The van der Waals surface area contributed by atoms with Crippen molar-refractivity contribution in [2.75, 3.05) is 0 Å². The Kier molecular flexibility index (Phi) is 2.27. The summed E-state index contributed by atoms with van der Waals surface area (Å²) in [7, 11) is 1.95. The number of fused-ring (bicyclic) bond motifs is 1. The number of hydrogen-bond acceptors (Lipinski definition) is 2. The summed E-state index contributed by atoms with van der Waals surface area (Å²) in [6, 6.07) is 8.11. The first-order valence-corrected chi connectivity index (χ1v) is 4.64. The second kappa shape index (κ2) is 3.44. The van der Waals surface area contributed by atoms with Gasteiger partial charge in [-0.05, 0) is 23.8 Å². The molecule has 0 saturated carbocycles. The summed E-state index contributed by atoms with van der Waals surface area (Å²) < 4.78 is 2.00. The molecule has 2 rings (SSSR count). The number of nitrogens with zero attached hydrogens (tertiary/aromatic N) is 1. The van der Waals surface area contributed by atoms with E-state index in [1.165, 1.54) is 0 Å². The molecule has 0 aliphatic rings. The minimum Gasteiger partial charge on any atom is -0.390 e.